The van der Waals surface area contributed by atoms with E-state index in [0.29, 0.717) is 18.7 Å². The summed E-state index contributed by atoms with van der Waals surface area (Å²) in [6, 6.07) is 9.43. The zero-order chi connectivity index (χ0) is 16.9. The summed E-state index contributed by atoms with van der Waals surface area (Å²) in [6.07, 6.45) is 3.88. The highest BCUT2D eigenvalue weighted by Crippen LogP contribution is 2.21. The number of aromatic nitrogens is 1. The van der Waals surface area contributed by atoms with Crippen LogP contribution in [-0.2, 0) is 17.6 Å². The maximum atomic E-state index is 12.6. The average Bonchev–Trinajstić information content (AvgIpc) is 3.09. The quantitative estimate of drug-likeness (QED) is 0.905. The normalized spacial score (nSPS) is 17.7. The summed E-state index contributed by atoms with van der Waals surface area (Å²) < 4.78 is 0. The molecule has 126 valence electrons. The Morgan fingerprint density at radius 3 is 2.75 bits per heavy atom. The molecule has 1 saturated heterocycles. The number of hydrogen-bond donors (Lipinski definition) is 1. The van der Waals surface area contributed by atoms with Crippen molar-refractivity contribution in [1.29, 1.82) is 0 Å². The van der Waals surface area contributed by atoms with Gasteiger partial charge in [-0.2, -0.15) is 0 Å². The van der Waals surface area contributed by atoms with Crippen molar-refractivity contribution in [3.8, 4) is 0 Å². The number of carboxylic acids is 1. The minimum absolute atomic E-state index is 0.260. The smallest absolute Gasteiger partial charge is 0.326 e. The van der Waals surface area contributed by atoms with Gasteiger partial charge >= 0.3 is 5.97 Å². The summed E-state index contributed by atoms with van der Waals surface area (Å²) in [4.78, 5) is 29.9. The standard InChI is InChI=1S/C18H20N2O3S/c21-17(20-11-5-4-8-15(20)18(22)23)14-12-24-16(19-14)10-9-13-6-2-1-3-7-13/h1-3,6-7,12,15H,4-5,8-11H2,(H,22,23). The second-order valence-corrected chi connectivity index (χ2v) is 6.90. The van der Waals surface area contributed by atoms with E-state index in [1.807, 2.05) is 18.2 Å². The lowest BCUT2D eigenvalue weighted by Gasteiger charge is -2.32. The van der Waals surface area contributed by atoms with Gasteiger partial charge in [0.2, 0.25) is 0 Å². The van der Waals surface area contributed by atoms with Crippen molar-refractivity contribution in [2.45, 2.75) is 38.1 Å². The van der Waals surface area contributed by atoms with Crippen molar-refractivity contribution < 1.29 is 14.7 Å². The molecule has 1 aromatic heterocycles. The van der Waals surface area contributed by atoms with Crippen LogP contribution in [0.5, 0.6) is 0 Å². The van der Waals surface area contributed by atoms with Crippen LogP contribution in [0, 0.1) is 0 Å². The van der Waals surface area contributed by atoms with Crippen LogP contribution >= 0.6 is 11.3 Å². The zero-order valence-electron chi connectivity index (χ0n) is 13.4. The Bertz CT molecular complexity index is 714. The van der Waals surface area contributed by atoms with Gasteiger partial charge in [-0.3, -0.25) is 4.79 Å². The van der Waals surface area contributed by atoms with Gasteiger partial charge in [0.15, 0.2) is 0 Å². The highest BCUT2D eigenvalue weighted by Gasteiger charge is 2.33. The highest BCUT2D eigenvalue weighted by molar-refractivity contribution is 7.09. The van der Waals surface area contributed by atoms with Gasteiger partial charge in [-0.25, -0.2) is 9.78 Å². The van der Waals surface area contributed by atoms with Gasteiger partial charge in [0.05, 0.1) is 5.01 Å². The summed E-state index contributed by atoms with van der Waals surface area (Å²) >= 11 is 1.46. The molecule has 1 amide bonds. The molecule has 2 aromatic rings. The molecule has 3 rings (SSSR count). The first-order valence-corrected chi connectivity index (χ1v) is 9.05. The molecule has 1 fully saturated rings. The van der Waals surface area contributed by atoms with Crippen LogP contribution in [0.15, 0.2) is 35.7 Å². The second kappa shape index (κ2) is 7.57. The lowest BCUT2D eigenvalue weighted by atomic mass is 10.0. The predicted octanol–water partition coefficient (Wildman–Crippen LogP) is 3.01. The van der Waals surface area contributed by atoms with Crippen molar-refractivity contribution in [3.63, 3.8) is 0 Å². The van der Waals surface area contributed by atoms with Crippen molar-refractivity contribution in [2.24, 2.45) is 0 Å². The fourth-order valence-electron chi connectivity index (χ4n) is 3.00. The van der Waals surface area contributed by atoms with E-state index in [2.05, 4.69) is 17.1 Å². The molecule has 2 heterocycles. The number of carbonyl (C=O) groups excluding carboxylic acids is 1. The molecule has 6 heteroatoms. The molecule has 0 spiro atoms. The van der Waals surface area contributed by atoms with E-state index in [4.69, 9.17) is 0 Å². The van der Waals surface area contributed by atoms with E-state index >= 15 is 0 Å². The number of rotatable bonds is 5. The number of nitrogens with zero attached hydrogens (tertiary/aromatic N) is 2. The average molecular weight is 344 g/mol. The number of amides is 1. The fourth-order valence-corrected chi connectivity index (χ4v) is 3.77. The third kappa shape index (κ3) is 3.82. The van der Waals surface area contributed by atoms with Crippen LogP contribution in [0.25, 0.3) is 0 Å². The molecule has 1 aromatic carbocycles. The Hall–Kier alpha value is -2.21. The summed E-state index contributed by atoms with van der Waals surface area (Å²) in [5.74, 6) is -1.19. The van der Waals surface area contributed by atoms with Crippen LogP contribution in [-0.4, -0.2) is 39.5 Å². The number of carboxylic acid groups (broad SMARTS) is 1. The molecule has 0 bridgehead atoms. The monoisotopic (exact) mass is 344 g/mol. The van der Waals surface area contributed by atoms with Crippen LogP contribution in [0.2, 0.25) is 0 Å². The SMILES string of the molecule is O=C(O)C1CCCCN1C(=O)c1csc(CCc2ccccc2)n1. The molecule has 1 aliphatic rings. The number of hydrogen-bond acceptors (Lipinski definition) is 4. The number of benzene rings is 1. The zero-order valence-corrected chi connectivity index (χ0v) is 14.2. The molecule has 1 unspecified atom stereocenters. The van der Waals surface area contributed by atoms with Gasteiger partial charge in [0.25, 0.3) is 5.91 Å². The van der Waals surface area contributed by atoms with Crippen LogP contribution < -0.4 is 0 Å². The first kappa shape index (κ1) is 16.6. The Kier molecular flexibility index (Phi) is 5.25. The van der Waals surface area contributed by atoms with E-state index < -0.39 is 12.0 Å². The lowest BCUT2D eigenvalue weighted by Crippen LogP contribution is -2.48. The molecule has 1 aliphatic heterocycles. The molecule has 24 heavy (non-hydrogen) atoms. The van der Waals surface area contributed by atoms with Gasteiger partial charge in [-0.15, -0.1) is 11.3 Å². The lowest BCUT2D eigenvalue weighted by molar-refractivity contribution is -0.143. The van der Waals surface area contributed by atoms with Gasteiger partial charge in [0, 0.05) is 18.3 Å². The van der Waals surface area contributed by atoms with E-state index in [-0.39, 0.29) is 5.91 Å². The maximum absolute atomic E-state index is 12.6. The molecule has 1 atom stereocenters. The van der Waals surface area contributed by atoms with Gasteiger partial charge in [0.1, 0.15) is 11.7 Å². The summed E-state index contributed by atoms with van der Waals surface area (Å²) in [5.41, 5.74) is 1.61. The molecule has 0 radical (unpaired) electrons. The molecule has 0 aliphatic carbocycles. The van der Waals surface area contributed by atoms with Gasteiger partial charge < -0.3 is 10.0 Å². The summed E-state index contributed by atoms with van der Waals surface area (Å²) in [6.45, 7) is 0.493. The third-order valence-electron chi connectivity index (χ3n) is 4.29. The number of aryl methyl sites for hydroxylation is 2. The van der Waals surface area contributed by atoms with Crippen LogP contribution in [0.4, 0.5) is 0 Å². The Balaban J connectivity index is 1.65. The molecule has 1 N–H and O–H groups in total. The Morgan fingerprint density at radius 2 is 2.00 bits per heavy atom. The van der Waals surface area contributed by atoms with E-state index in [1.165, 1.54) is 21.8 Å². The van der Waals surface area contributed by atoms with Crippen LogP contribution in [0.1, 0.15) is 40.3 Å². The van der Waals surface area contributed by atoms with E-state index in [1.54, 1.807) is 5.38 Å². The van der Waals surface area contributed by atoms with E-state index in [9.17, 15) is 14.7 Å². The molecule has 5 nitrogen and oxygen atoms in total. The highest BCUT2D eigenvalue weighted by atomic mass is 32.1. The largest absolute Gasteiger partial charge is 0.480 e. The minimum Gasteiger partial charge on any atom is -0.480 e. The Morgan fingerprint density at radius 1 is 1.21 bits per heavy atom. The third-order valence-corrected chi connectivity index (χ3v) is 5.20. The molecular formula is C18H20N2O3S. The Labute approximate surface area is 145 Å². The van der Waals surface area contributed by atoms with Gasteiger partial charge in [-0.05, 0) is 31.2 Å². The maximum Gasteiger partial charge on any atom is 0.326 e. The first-order valence-electron chi connectivity index (χ1n) is 8.17. The predicted molar refractivity (Wildman–Crippen MR) is 92.3 cm³/mol. The van der Waals surface area contributed by atoms with Crippen LogP contribution in [0.3, 0.4) is 0 Å². The van der Waals surface area contributed by atoms with Crippen molar-refractivity contribution >= 4 is 23.2 Å². The first-order chi connectivity index (χ1) is 11.6. The van der Waals surface area contributed by atoms with Crippen molar-refractivity contribution in [2.75, 3.05) is 6.54 Å². The number of likely N-dealkylation sites (tertiary alicyclic amines) is 1. The minimum atomic E-state index is -0.928. The number of carbonyl (C=O) groups is 2. The molecular weight excluding hydrogens is 324 g/mol. The number of thiazole rings is 1. The molecule has 0 saturated carbocycles. The van der Waals surface area contributed by atoms with Crippen molar-refractivity contribution in [3.05, 3.63) is 52.0 Å². The van der Waals surface area contributed by atoms with Crippen molar-refractivity contribution in [1.82, 2.24) is 9.88 Å². The topological polar surface area (TPSA) is 70.5 Å². The second-order valence-electron chi connectivity index (χ2n) is 5.96. The summed E-state index contributed by atoms with van der Waals surface area (Å²) in [5, 5.41) is 12.0. The fraction of sp³-hybridized carbons (Fsp3) is 0.389. The number of aliphatic carboxylic acids is 1. The number of piperidine rings is 1. The summed E-state index contributed by atoms with van der Waals surface area (Å²) in [7, 11) is 0. The van der Waals surface area contributed by atoms with E-state index in [0.717, 1.165) is 30.7 Å². The van der Waals surface area contributed by atoms with Gasteiger partial charge in [-0.1, -0.05) is 30.3 Å².